The Morgan fingerprint density at radius 1 is 1.15 bits per heavy atom. The maximum Gasteiger partial charge on any atom is 0.251 e. The Morgan fingerprint density at radius 2 is 1.94 bits per heavy atom. The minimum absolute atomic E-state index is 0.0116. The van der Waals surface area contributed by atoms with Crippen molar-refractivity contribution in [3.8, 4) is 0 Å². The first kappa shape index (κ1) is 23.5. The first-order chi connectivity index (χ1) is 16.0. The molecule has 0 saturated carbocycles. The molecule has 2 aliphatic rings. The molecule has 3 heterocycles. The summed E-state index contributed by atoms with van der Waals surface area (Å²) in [5.74, 6) is 0.361. The molecule has 5 nitrogen and oxygen atoms in total. The Morgan fingerprint density at radius 3 is 2.70 bits per heavy atom. The third-order valence-corrected chi connectivity index (χ3v) is 7.11. The molecule has 5 heteroatoms. The van der Waals surface area contributed by atoms with Gasteiger partial charge < -0.3 is 15.0 Å². The predicted octanol–water partition coefficient (Wildman–Crippen LogP) is 5.24. The highest BCUT2D eigenvalue weighted by atomic mass is 16.5. The van der Waals surface area contributed by atoms with E-state index in [1.807, 2.05) is 26.0 Å². The molecule has 0 bridgehead atoms. The maximum absolute atomic E-state index is 13.4. The maximum atomic E-state index is 13.4. The van der Waals surface area contributed by atoms with Gasteiger partial charge in [-0.1, -0.05) is 25.1 Å². The molecule has 1 fully saturated rings. The number of ether oxygens (including phenoxy) is 1. The molecule has 2 aliphatic heterocycles. The van der Waals surface area contributed by atoms with Gasteiger partial charge in [0.2, 0.25) is 0 Å². The lowest BCUT2D eigenvalue weighted by atomic mass is 9.90. The average Bonchev–Trinajstić information content (AvgIpc) is 2.81. The van der Waals surface area contributed by atoms with Crippen molar-refractivity contribution in [3.05, 3.63) is 70.1 Å². The fraction of sp³-hybridized carbons (Fsp3) is 0.500. The number of anilines is 1. The number of aryl methyl sites for hydroxylation is 2. The number of carbonyl (C=O) groups excluding carboxylic acids is 1. The van der Waals surface area contributed by atoms with Crippen LogP contribution in [0.2, 0.25) is 0 Å². The van der Waals surface area contributed by atoms with E-state index in [4.69, 9.17) is 4.74 Å². The molecule has 1 saturated heterocycles. The number of pyridine rings is 1. The van der Waals surface area contributed by atoms with Gasteiger partial charge in [0.05, 0.1) is 0 Å². The standard InChI is InChI=1S/C28H37N3O2/c1-5-31(22-13-15-33-16-14-22)27-12-8-11-24-23(27)10-7-6-9-19(2)25-17-20(3)30-21(4)26(25)18-29-28(24)32/h6-8,11-12,17,19,22H,5,9-10,13-16,18H2,1-4H3,(H,29,32)/b7-6+. The van der Waals surface area contributed by atoms with Crippen molar-refractivity contribution in [1.82, 2.24) is 10.3 Å². The summed E-state index contributed by atoms with van der Waals surface area (Å²) in [7, 11) is 0. The highest BCUT2D eigenvalue weighted by Crippen LogP contribution is 2.31. The third-order valence-electron chi connectivity index (χ3n) is 7.11. The van der Waals surface area contributed by atoms with Crippen LogP contribution < -0.4 is 10.2 Å². The summed E-state index contributed by atoms with van der Waals surface area (Å²) < 4.78 is 5.60. The van der Waals surface area contributed by atoms with E-state index in [1.165, 1.54) is 11.3 Å². The summed E-state index contributed by atoms with van der Waals surface area (Å²) in [6.45, 7) is 11.6. The molecule has 1 unspecified atom stereocenters. The number of allylic oxidation sites excluding steroid dienone is 2. The van der Waals surface area contributed by atoms with Crippen LogP contribution in [0.3, 0.4) is 0 Å². The summed E-state index contributed by atoms with van der Waals surface area (Å²) >= 11 is 0. The van der Waals surface area contributed by atoms with Crippen LogP contribution in [0, 0.1) is 13.8 Å². The van der Waals surface area contributed by atoms with E-state index in [9.17, 15) is 4.79 Å². The SMILES string of the molecule is CCN(c1cccc2c1C/C=C/CC(C)c1cc(C)nc(C)c1CNC2=O)C1CCOCC1. The Labute approximate surface area is 198 Å². The smallest absolute Gasteiger partial charge is 0.251 e. The number of hydrogen-bond acceptors (Lipinski definition) is 4. The molecule has 1 aromatic heterocycles. The number of nitrogens with zero attached hydrogens (tertiary/aromatic N) is 2. The van der Waals surface area contributed by atoms with E-state index in [1.54, 1.807) is 0 Å². The monoisotopic (exact) mass is 447 g/mol. The quantitative estimate of drug-likeness (QED) is 0.654. The molecule has 0 spiro atoms. The van der Waals surface area contributed by atoms with Gasteiger partial charge in [-0.05, 0) is 87.3 Å². The largest absolute Gasteiger partial charge is 0.381 e. The van der Waals surface area contributed by atoms with Crippen LogP contribution in [0.4, 0.5) is 5.69 Å². The molecule has 1 N–H and O–H groups in total. The summed E-state index contributed by atoms with van der Waals surface area (Å²) in [6.07, 6.45) is 8.31. The van der Waals surface area contributed by atoms with Crippen molar-refractivity contribution in [3.63, 3.8) is 0 Å². The van der Waals surface area contributed by atoms with E-state index in [0.717, 1.165) is 73.5 Å². The van der Waals surface area contributed by atoms with E-state index in [2.05, 4.69) is 53.3 Å². The molecule has 0 radical (unpaired) electrons. The minimum Gasteiger partial charge on any atom is -0.381 e. The van der Waals surface area contributed by atoms with Crippen LogP contribution in [0.25, 0.3) is 0 Å². The number of aromatic nitrogens is 1. The van der Waals surface area contributed by atoms with Gasteiger partial charge in [0, 0.05) is 55.0 Å². The lowest BCUT2D eigenvalue weighted by molar-refractivity contribution is 0.0845. The number of nitrogens with one attached hydrogen (secondary N) is 1. The fourth-order valence-electron chi connectivity index (χ4n) is 5.34. The van der Waals surface area contributed by atoms with E-state index in [0.29, 0.717) is 18.5 Å². The van der Waals surface area contributed by atoms with E-state index < -0.39 is 0 Å². The molecule has 4 rings (SSSR count). The molecule has 176 valence electrons. The van der Waals surface area contributed by atoms with Crippen LogP contribution in [0.5, 0.6) is 0 Å². The normalized spacial score (nSPS) is 20.6. The minimum atomic E-state index is -0.0116. The third kappa shape index (κ3) is 5.14. The molecule has 1 amide bonds. The Balaban J connectivity index is 1.72. The lowest BCUT2D eigenvalue weighted by Crippen LogP contribution is -2.40. The number of amides is 1. The highest BCUT2D eigenvalue weighted by Gasteiger charge is 2.25. The summed E-state index contributed by atoms with van der Waals surface area (Å²) in [5, 5.41) is 3.22. The number of hydrogen-bond donors (Lipinski definition) is 1. The van der Waals surface area contributed by atoms with Crippen molar-refractivity contribution in [2.45, 2.75) is 71.9 Å². The number of benzene rings is 1. The molecule has 2 aromatic rings. The van der Waals surface area contributed by atoms with Crippen LogP contribution in [0.15, 0.2) is 36.4 Å². The second-order valence-electron chi connectivity index (χ2n) is 9.34. The van der Waals surface area contributed by atoms with Crippen LogP contribution in [-0.4, -0.2) is 36.7 Å². The van der Waals surface area contributed by atoms with Gasteiger partial charge in [-0.3, -0.25) is 9.78 Å². The summed E-state index contributed by atoms with van der Waals surface area (Å²) in [4.78, 5) is 20.6. The topological polar surface area (TPSA) is 54.5 Å². The summed E-state index contributed by atoms with van der Waals surface area (Å²) in [5.41, 5.74) is 7.54. The van der Waals surface area contributed by atoms with Gasteiger partial charge in [0.15, 0.2) is 0 Å². The first-order valence-corrected chi connectivity index (χ1v) is 12.4. The Bertz CT molecular complexity index is 1020. The van der Waals surface area contributed by atoms with Gasteiger partial charge >= 0.3 is 0 Å². The Hall–Kier alpha value is -2.66. The van der Waals surface area contributed by atoms with E-state index in [-0.39, 0.29) is 5.91 Å². The second kappa shape index (κ2) is 10.5. The van der Waals surface area contributed by atoms with Gasteiger partial charge in [-0.15, -0.1) is 0 Å². The van der Waals surface area contributed by atoms with Crippen molar-refractivity contribution >= 4 is 11.6 Å². The number of rotatable bonds is 3. The van der Waals surface area contributed by atoms with Crippen molar-refractivity contribution in [2.75, 3.05) is 24.7 Å². The number of carbonyl (C=O) groups is 1. The molecule has 0 aliphatic carbocycles. The highest BCUT2D eigenvalue weighted by molar-refractivity contribution is 5.97. The second-order valence-corrected chi connectivity index (χ2v) is 9.34. The molecule has 1 aromatic carbocycles. The van der Waals surface area contributed by atoms with E-state index >= 15 is 0 Å². The van der Waals surface area contributed by atoms with Crippen LogP contribution >= 0.6 is 0 Å². The average molecular weight is 448 g/mol. The zero-order valence-corrected chi connectivity index (χ0v) is 20.5. The summed E-state index contributed by atoms with van der Waals surface area (Å²) in [6, 6.07) is 8.80. The van der Waals surface area contributed by atoms with Crippen LogP contribution in [-0.2, 0) is 17.7 Å². The number of fused-ring (bicyclic) bond motifs is 2. The van der Waals surface area contributed by atoms with Crippen molar-refractivity contribution in [1.29, 1.82) is 0 Å². The fourth-order valence-corrected chi connectivity index (χ4v) is 5.34. The first-order valence-electron chi connectivity index (χ1n) is 12.4. The van der Waals surface area contributed by atoms with Crippen LogP contribution in [0.1, 0.15) is 77.5 Å². The van der Waals surface area contributed by atoms with Crippen molar-refractivity contribution in [2.24, 2.45) is 0 Å². The lowest BCUT2D eigenvalue weighted by Gasteiger charge is -2.37. The molecular weight excluding hydrogens is 410 g/mol. The van der Waals surface area contributed by atoms with Gasteiger partial charge in [0.25, 0.3) is 5.91 Å². The zero-order valence-electron chi connectivity index (χ0n) is 20.5. The molecule has 1 atom stereocenters. The molecular formula is C28H37N3O2. The molecule has 33 heavy (non-hydrogen) atoms. The van der Waals surface area contributed by atoms with Gasteiger partial charge in [0.1, 0.15) is 0 Å². The van der Waals surface area contributed by atoms with Crippen molar-refractivity contribution < 1.29 is 9.53 Å². The van der Waals surface area contributed by atoms with Gasteiger partial charge in [-0.25, -0.2) is 0 Å². The predicted molar refractivity (Wildman–Crippen MR) is 134 cm³/mol. The zero-order chi connectivity index (χ0) is 23.4. The Kier molecular flexibility index (Phi) is 7.49. The van der Waals surface area contributed by atoms with Gasteiger partial charge in [-0.2, -0.15) is 0 Å².